The van der Waals surface area contributed by atoms with Crippen LogP contribution >= 0.6 is 0 Å². The van der Waals surface area contributed by atoms with E-state index in [0.717, 1.165) is 0 Å². The molecule has 0 spiro atoms. The third-order valence-corrected chi connectivity index (χ3v) is 2.24. The zero-order chi connectivity index (χ0) is 13.0. The van der Waals surface area contributed by atoms with E-state index in [4.69, 9.17) is 0 Å². The molecule has 1 aromatic heterocycles. The Kier molecular flexibility index (Phi) is 4.37. The lowest BCUT2D eigenvalue weighted by atomic mass is 10.1. The molecule has 0 unspecified atom stereocenters. The Morgan fingerprint density at radius 3 is 2.71 bits per heavy atom. The topological polar surface area (TPSA) is 59.2 Å². The van der Waals surface area contributed by atoms with E-state index in [1.165, 1.54) is 13.1 Å². The van der Waals surface area contributed by atoms with Gasteiger partial charge in [-0.3, -0.25) is 9.59 Å². The number of alkyl halides is 2. The number of esters is 1. The zero-order valence-corrected chi connectivity index (χ0v) is 9.55. The lowest BCUT2D eigenvalue weighted by Gasteiger charge is -2.08. The van der Waals surface area contributed by atoms with Gasteiger partial charge in [0.25, 0.3) is 6.43 Å². The lowest BCUT2D eigenvalue weighted by Crippen LogP contribution is -2.20. The van der Waals surface area contributed by atoms with Crippen LogP contribution in [0.2, 0.25) is 0 Å². The highest BCUT2D eigenvalue weighted by Crippen LogP contribution is 2.19. The molecule has 4 nitrogen and oxygen atoms in total. The number of ether oxygens (including phenoxy) is 1. The van der Waals surface area contributed by atoms with Gasteiger partial charge in [-0.25, -0.2) is 8.78 Å². The van der Waals surface area contributed by atoms with E-state index in [0.29, 0.717) is 0 Å². The fourth-order valence-electron chi connectivity index (χ4n) is 1.42. The highest BCUT2D eigenvalue weighted by molar-refractivity contribution is 5.72. The lowest BCUT2D eigenvalue weighted by molar-refractivity contribution is -0.142. The Morgan fingerprint density at radius 1 is 1.53 bits per heavy atom. The van der Waals surface area contributed by atoms with Crippen LogP contribution in [0.1, 0.15) is 30.2 Å². The summed E-state index contributed by atoms with van der Waals surface area (Å²) in [6, 6.07) is 0. The van der Waals surface area contributed by atoms with E-state index in [9.17, 15) is 18.4 Å². The first-order valence-corrected chi connectivity index (χ1v) is 5.12. The summed E-state index contributed by atoms with van der Waals surface area (Å²) in [7, 11) is 0. The molecule has 0 fully saturated rings. The smallest absolute Gasteiger partial charge is 0.311 e. The van der Waals surface area contributed by atoms with Crippen molar-refractivity contribution >= 4 is 5.97 Å². The molecule has 0 amide bonds. The standard InChI is InChI=1S/C11H13F2NO3/c1-3-17-8(15)4-7-9(11(12)13)10(16)6(2)5-14-7/h5,11H,3-4H2,1-2H3,(H,14,16). The molecule has 1 heterocycles. The molecule has 6 heteroatoms. The van der Waals surface area contributed by atoms with Crippen molar-refractivity contribution in [3.8, 4) is 0 Å². The van der Waals surface area contributed by atoms with Crippen LogP contribution in [-0.4, -0.2) is 17.6 Å². The highest BCUT2D eigenvalue weighted by atomic mass is 19.3. The summed E-state index contributed by atoms with van der Waals surface area (Å²) in [5.41, 5.74) is -1.29. The van der Waals surface area contributed by atoms with Gasteiger partial charge in [-0.05, 0) is 13.8 Å². The van der Waals surface area contributed by atoms with Gasteiger partial charge in [0.2, 0.25) is 0 Å². The van der Waals surface area contributed by atoms with E-state index in [2.05, 4.69) is 9.72 Å². The number of aromatic nitrogens is 1. The molecule has 94 valence electrons. The van der Waals surface area contributed by atoms with Crippen LogP contribution in [0.15, 0.2) is 11.0 Å². The van der Waals surface area contributed by atoms with Crippen molar-refractivity contribution in [1.29, 1.82) is 0 Å². The molecule has 17 heavy (non-hydrogen) atoms. The molecule has 0 atom stereocenters. The van der Waals surface area contributed by atoms with Gasteiger partial charge in [0.05, 0.1) is 18.6 Å². The van der Waals surface area contributed by atoms with Gasteiger partial charge in [0, 0.05) is 17.5 Å². The summed E-state index contributed by atoms with van der Waals surface area (Å²) in [6.07, 6.45) is -1.96. The van der Waals surface area contributed by atoms with Gasteiger partial charge >= 0.3 is 5.97 Å². The van der Waals surface area contributed by atoms with Gasteiger partial charge in [-0.2, -0.15) is 0 Å². The van der Waals surface area contributed by atoms with Crippen molar-refractivity contribution in [2.75, 3.05) is 6.61 Å². The molecule has 0 bridgehead atoms. The molecule has 0 saturated heterocycles. The molecule has 1 aromatic rings. The molecule has 0 saturated carbocycles. The van der Waals surface area contributed by atoms with Crippen LogP contribution in [0.5, 0.6) is 0 Å². The second kappa shape index (κ2) is 5.56. The summed E-state index contributed by atoms with van der Waals surface area (Å²) in [5.74, 6) is -0.645. The summed E-state index contributed by atoms with van der Waals surface area (Å²) in [4.78, 5) is 25.2. The van der Waals surface area contributed by atoms with Crippen molar-refractivity contribution in [1.82, 2.24) is 4.98 Å². The Hall–Kier alpha value is -1.72. The number of aromatic amines is 1. The van der Waals surface area contributed by atoms with E-state index >= 15 is 0 Å². The van der Waals surface area contributed by atoms with Gasteiger partial charge in [0.15, 0.2) is 5.43 Å². The predicted molar refractivity (Wildman–Crippen MR) is 57.1 cm³/mol. The Balaban J connectivity index is 3.12. The number of nitrogens with one attached hydrogen (secondary N) is 1. The minimum Gasteiger partial charge on any atom is -0.466 e. The summed E-state index contributed by atoms with van der Waals surface area (Å²) in [5, 5.41) is 0. The van der Waals surface area contributed by atoms with Crippen molar-refractivity contribution in [3.05, 3.63) is 33.2 Å². The first kappa shape index (κ1) is 13.3. The summed E-state index contributed by atoms with van der Waals surface area (Å²) in [6.45, 7) is 3.21. The maximum absolute atomic E-state index is 12.7. The van der Waals surface area contributed by atoms with E-state index in [1.54, 1.807) is 6.92 Å². The third-order valence-electron chi connectivity index (χ3n) is 2.24. The minimum atomic E-state index is -2.91. The zero-order valence-electron chi connectivity index (χ0n) is 9.55. The first-order valence-electron chi connectivity index (χ1n) is 5.12. The fourth-order valence-corrected chi connectivity index (χ4v) is 1.42. The molecule has 1 rings (SSSR count). The average molecular weight is 245 g/mol. The van der Waals surface area contributed by atoms with Crippen molar-refractivity contribution in [2.24, 2.45) is 0 Å². The minimum absolute atomic E-state index is 0.0888. The number of rotatable bonds is 4. The molecule has 0 aliphatic carbocycles. The monoisotopic (exact) mass is 245 g/mol. The van der Waals surface area contributed by atoms with E-state index in [1.807, 2.05) is 0 Å². The Labute approximate surface area is 96.6 Å². The molecule has 0 radical (unpaired) electrons. The first-order chi connectivity index (χ1) is 7.97. The van der Waals surface area contributed by atoms with E-state index in [-0.39, 0.29) is 24.3 Å². The number of carbonyl (C=O) groups excluding carboxylic acids is 1. The number of halogens is 2. The van der Waals surface area contributed by atoms with Crippen molar-refractivity contribution in [2.45, 2.75) is 26.7 Å². The van der Waals surface area contributed by atoms with Gasteiger partial charge < -0.3 is 9.72 Å². The van der Waals surface area contributed by atoms with Gasteiger partial charge in [-0.15, -0.1) is 0 Å². The quantitative estimate of drug-likeness (QED) is 0.822. The Bertz CT molecular complexity index is 468. The van der Waals surface area contributed by atoms with Crippen molar-refractivity contribution < 1.29 is 18.3 Å². The van der Waals surface area contributed by atoms with Crippen LogP contribution in [0.3, 0.4) is 0 Å². The summed E-state index contributed by atoms with van der Waals surface area (Å²) < 4.78 is 30.1. The summed E-state index contributed by atoms with van der Waals surface area (Å²) >= 11 is 0. The van der Waals surface area contributed by atoms with Crippen LogP contribution in [0.4, 0.5) is 8.78 Å². The number of hydrogen-bond donors (Lipinski definition) is 1. The van der Waals surface area contributed by atoms with Crippen LogP contribution in [0.25, 0.3) is 0 Å². The normalized spacial score (nSPS) is 10.6. The SMILES string of the molecule is CCOC(=O)Cc1[nH]cc(C)c(=O)c1C(F)F. The number of hydrogen-bond acceptors (Lipinski definition) is 3. The number of H-pyrrole nitrogens is 1. The number of carbonyl (C=O) groups is 1. The van der Waals surface area contributed by atoms with E-state index < -0.39 is 23.4 Å². The molecule has 1 N–H and O–H groups in total. The average Bonchev–Trinajstić information content (AvgIpc) is 2.23. The van der Waals surface area contributed by atoms with Gasteiger partial charge in [0.1, 0.15) is 0 Å². The second-order valence-electron chi connectivity index (χ2n) is 3.48. The Morgan fingerprint density at radius 2 is 2.18 bits per heavy atom. The van der Waals surface area contributed by atoms with Crippen LogP contribution in [0, 0.1) is 6.92 Å². The predicted octanol–water partition coefficient (Wildman–Crippen LogP) is 1.73. The van der Waals surface area contributed by atoms with Crippen LogP contribution < -0.4 is 5.43 Å². The highest BCUT2D eigenvalue weighted by Gasteiger charge is 2.20. The fraction of sp³-hybridized carbons (Fsp3) is 0.455. The third kappa shape index (κ3) is 3.12. The molecular weight excluding hydrogens is 232 g/mol. The van der Waals surface area contributed by atoms with Gasteiger partial charge in [-0.1, -0.05) is 0 Å². The molecule has 0 aromatic carbocycles. The number of pyridine rings is 1. The molecule has 0 aliphatic heterocycles. The van der Waals surface area contributed by atoms with Crippen molar-refractivity contribution in [3.63, 3.8) is 0 Å². The largest absolute Gasteiger partial charge is 0.466 e. The number of aryl methyl sites for hydroxylation is 1. The molecule has 0 aliphatic rings. The maximum Gasteiger partial charge on any atom is 0.311 e. The molecular formula is C11H13F2NO3. The second-order valence-corrected chi connectivity index (χ2v) is 3.48. The maximum atomic E-state index is 12.7. The van der Waals surface area contributed by atoms with Crippen LogP contribution in [-0.2, 0) is 16.0 Å².